The Morgan fingerprint density at radius 1 is 1.09 bits per heavy atom. The van der Waals surface area contributed by atoms with Gasteiger partial charge in [0, 0.05) is 32.7 Å². The van der Waals surface area contributed by atoms with Gasteiger partial charge in [-0.05, 0) is 48.5 Å². The largest absolute Gasteiger partial charge is 0.444 e. The van der Waals surface area contributed by atoms with Gasteiger partial charge in [0.2, 0.25) is 5.91 Å². The Labute approximate surface area is 135 Å². The molecule has 22 heavy (non-hydrogen) atoms. The number of hydrogen-bond acceptors (Lipinski definition) is 4. The number of likely N-dealkylation sites (N-methyl/N-ethyl adjacent to an activating group) is 1. The van der Waals surface area contributed by atoms with Crippen molar-refractivity contribution in [1.29, 1.82) is 0 Å². The minimum atomic E-state index is -0.526. The Balaban J connectivity index is 4.64. The predicted molar refractivity (Wildman–Crippen MR) is 88.9 cm³/mol. The first-order chi connectivity index (χ1) is 9.75. The van der Waals surface area contributed by atoms with Crippen molar-refractivity contribution in [2.45, 2.75) is 65.6 Å². The summed E-state index contributed by atoms with van der Waals surface area (Å²) in [7, 11) is 3.45. The van der Waals surface area contributed by atoms with E-state index in [-0.39, 0.29) is 23.6 Å². The predicted octanol–water partition coefficient (Wildman–Crippen LogP) is 2.09. The molecule has 0 aromatic heterocycles. The van der Waals surface area contributed by atoms with Crippen molar-refractivity contribution < 1.29 is 14.3 Å². The number of amides is 2. The number of hydrogen-bond donors (Lipinski definition) is 1. The Kier molecular flexibility index (Phi) is 7.35. The zero-order valence-corrected chi connectivity index (χ0v) is 15.6. The molecule has 0 radical (unpaired) electrons. The van der Waals surface area contributed by atoms with Crippen molar-refractivity contribution in [2.24, 2.45) is 0 Å². The molecule has 1 atom stereocenters. The fraction of sp³-hybridized carbons (Fsp3) is 0.875. The summed E-state index contributed by atoms with van der Waals surface area (Å²) >= 11 is 0. The molecule has 0 aliphatic carbocycles. The van der Waals surface area contributed by atoms with Crippen LogP contribution in [-0.2, 0) is 9.53 Å². The van der Waals surface area contributed by atoms with Gasteiger partial charge in [-0.2, -0.15) is 0 Å². The Bertz CT molecular complexity index is 381. The van der Waals surface area contributed by atoms with Crippen LogP contribution in [0.15, 0.2) is 0 Å². The van der Waals surface area contributed by atoms with E-state index >= 15 is 0 Å². The second kappa shape index (κ2) is 7.81. The van der Waals surface area contributed by atoms with E-state index in [1.807, 2.05) is 48.5 Å². The lowest BCUT2D eigenvalue weighted by Crippen LogP contribution is -2.51. The molecule has 0 bridgehead atoms. The third-order valence-corrected chi connectivity index (χ3v) is 3.02. The first-order valence-corrected chi connectivity index (χ1v) is 7.71. The van der Waals surface area contributed by atoms with Crippen LogP contribution in [0.25, 0.3) is 0 Å². The summed E-state index contributed by atoms with van der Waals surface area (Å²) in [6, 6.07) is -0.282. The molecule has 0 rings (SSSR count). The Morgan fingerprint density at radius 2 is 1.59 bits per heavy atom. The van der Waals surface area contributed by atoms with Gasteiger partial charge in [-0.15, -0.1) is 0 Å². The molecule has 0 heterocycles. The number of ether oxygens (including phenoxy) is 1. The molecule has 6 nitrogen and oxygen atoms in total. The molecule has 1 unspecified atom stereocenters. The number of carbonyl (C=O) groups is 2. The minimum absolute atomic E-state index is 0.0135. The highest BCUT2D eigenvalue weighted by Crippen LogP contribution is 2.17. The number of rotatable bonds is 5. The monoisotopic (exact) mass is 315 g/mol. The number of carbonyl (C=O) groups excluding carboxylic acids is 2. The summed E-state index contributed by atoms with van der Waals surface area (Å²) < 4.78 is 5.45. The summed E-state index contributed by atoms with van der Waals surface area (Å²) in [4.78, 5) is 27.3. The van der Waals surface area contributed by atoms with Gasteiger partial charge in [0.25, 0.3) is 0 Å². The maximum Gasteiger partial charge on any atom is 0.410 e. The zero-order chi connectivity index (χ0) is 17.7. The molecule has 0 saturated heterocycles. The minimum Gasteiger partial charge on any atom is -0.444 e. The Morgan fingerprint density at radius 3 is 1.95 bits per heavy atom. The molecule has 0 aromatic rings. The van der Waals surface area contributed by atoms with Gasteiger partial charge >= 0.3 is 6.09 Å². The van der Waals surface area contributed by atoms with E-state index in [9.17, 15) is 9.59 Å². The molecule has 0 aliphatic rings. The number of nitrogens with zero attached hydrogens (tertiary/aromatic N) is 2. The van der Waals surface area contributed by atoms with E-state index < -0.39 is 5.60 Å². The molecule has 0 spiro atoms. The summed E-state index contributed by atoms with van der Waals surface area (Å²) in [6.45, 7) is 14.3. The second-order valence-electron chi connectivity index (χ2n) is 7.71. The standard InChI is InChI=1S/C16H33N3O3/c1-12(13(20)18(8)9)17-10-11-19(15(2,3)4)14(21)22-16(5,6)7/h12,17H,10-11H2,1-9H3. The van der Waals surface area contributed by atoms with Crippen LogP contribution in [0.2, 0.25) is 0 Å². The molecule has 1 N–H and O–H groups in total. The third kappa shape index (κ3) is 7.64. The van der Waals surface area contributed by atoms with E-state index in [4.69, 9.17) is 4.74 Å². The Hall–Kier alpha value is -1.30. The average molecular weight is 315 g/mol. The quantitative estimate of drug-likeness (QED) is 0.844. The molecule has 130 valence electrons. The zero-order valence-electron chi connectivity index (χ0n) is 15.6. The molecule has 0 saturated carbocycles. The topological polar surface area (TPSA) is 61.9 Å². The highest BCUT2D eigenvalue weighted by molar-refractivity contribution is 5.80. The van der Waals surface area contributed by atoms with E-state index in [0.29, 0.717) is 13.1 Å². The summed E-state index contributed by atoms with van der Waals surface area (Å²) in [5.74, 6) is 0.0135. The van der Waals surface area contributed by atoms with E-state index in [0.717, 1.165) is 0 Å². The first kappa shape index (κ1) is 20.7. The number of nitrogens with one attached hydrogen (secondary N) is 1. The second-order valence-corrected chi connectivity index (χ2v) is 7.71. The molecule has 6 heteroatoms. The highest BCUT2D eigenvalue weighted by atomic mass is 16.6. The molecular formula is C16H33N3O3. The van der Waals surface area contributed by atoms with Crippen molar-refractivity contribution in [3.05, 3.63) is 0 Å². The van der Waals surface area contributed by atoms with Gasteiger partial charge in [0.1, 0.15) is 5.60 Å². The van der Waals surface area contributed by atoms with Crippen LogP contribution in [0.4, 0.5) is 4.79 Å². The average Bonchev–Trinajstić information content (AvgIpc) is 2.28. The van der Waals surface area contributed by atoms with Gasteiger partial charge in [-0.1, -0.05) is 0 Å². The van der Waals surface area contributed by atoms with E-state index in [2.05, 4.69) is 5.32 Å². The van der Waals surface area contributed by atoms with Crippen LogP contribution >= 0.6 is 0 Å². The highest BCUT2D eigenvalue weighted by Gasteiger charge is 2.30. The first-order valence-electron chi connectivity index (χ1n) is 7.71. The normalized spacial score (nSPS) is 13.5. The van der Waals surface area contributed by atoms with Crippen LogP contribution in [0.3, 0.4) is 0 Å². The lowest BCUT2D eigenvalue weighted by molar-refractivity contribution is -0.130. The van der Waals surface area contributed by atoms with Crippen LogP contribution in [-0.4, -0.2) is 66.2 Å². The lowest BCUT2D eigenvalue weighted by atomic mass is 10.1. The van der Waals surface area contributed by atoms with Gasteiger partial charge in [0.05, 0.1) is 6.04 Å². The third-order valence-electron chi connectivity index (χ3n) is 3.02. The summed E-state index contributed by atoms with van der Waals surface area (Å²) in [6.07, 6.45) is -0.339. The van der Waals surface area contributed by atoms with Gasteiger partial charge in [-0.3, -0.25) is 4.79 Å². The smallest absolute Gasteiger partial charge is 0.410 e. The van der Waals surface area contributed by atoms with Crippen molar-refractivity contribution in [3.63, 3.8) is 0 Å². The van der Waals surface area contributed by atoms with Crippen molar-refractivity contribution in [2.75, 3.05) is 27.2 Å². The van der Waals surface area contributed by atoms with Crippen molar-refractivity contribution in [3.8, 4) is 0 Å². The molecule has 2 amide bonds. The maximum atomic E-state index is 12.3. The molecule has 0 aromatic carbocycles. The van der Waals surface area contributed by atoms with Gasteiger partial charge in [0.15, 0.2) is 0 Å². The van der Waals surface area contributed by atoms with Crippen LogP contribution < -0.4 is 5.32 Å². The SMILES string of the molecule is CC(NCCN(C(=O)OC(C)(C)C)C(C)(C)C)C(=O)N(C)C. The fourth-order valence-corrected chi connectivity index (χ4v) is 1.89. The lowest BCUT2D eigenvalue weighted by Gasteiger charge is -2.37. The molecule has 0 aliphatic heterocycles. The molecular weight excluding hydrogens is 282 g/mol. The van der Waals surface area contributed by atoms with Gasteiger partial charge < -0.3 is 19.9 Å². The van der Waals surface area contributed by atoms with Crippen LogP contribution in [0.5, 0.6) is 0 Å². The summed E-state index contributed by atoms with van der Waals surface area (Å²) in [5.41, 5.74) is -0.874. The summed E-state index contributed by atoms with van der Waals surface area (Å²) in [5, 5.41) is 3.14. The van der Waals surface area contributed by atoms with Crippen molar-refractivity contribution in [1.82, 2.24) is 15.1 Å². The van der Waals surface area contributed by atoms with Crippen molar-refractivity contribution >= 4 is 12.0 Å². The van der Waals surface area contributed by atoms with Gasteiger partial charge in [-0.25, -0.2) is 4.79 Å². The van der Waals surface area contributed by atoms with Crippen LogP contribution in [0.1, 0.15) is 48.5 Å². The fourth-order valence-electron chi connectivity index (χ4n) is 1.89. The van der Waals surface area contributed by atoms with E-state index in [1.165, 1.54) is 0 Å². The van der Waals surface area contributed by atoms with E-state index in [1.54, 1.807) is 23.9 Å². The maximum absolute atomic E-state index is 12.3. The molecule has 0 fully saturated rings. The van der Waals surface area contributed by atoms with Crippen LogP contribution in [0, 0.1) is 0 Å².